The van der Waals surface area contributed by atoms with Crippen molar-refractivity contribution in [1.29, 1.82) is 0 Å². The number of carboxylic acid groups (broad SMARTS) is 2. The van der Waals surface area contributed by atoms with Crippen molar-refractivity contribution in [2.75, 3.05) is 0 Å². The molecule has 5 heteroatoms. The van der Waals surface area contributed by atoms with Crippen LogP contribution < -0.4 is 5.73 Å². The molecular weight excluding hydrogens is 150 g/mol. The average molecular weight is 164 g/mol. The zero-order valence-electron chi connectivity index (χ0n) is 8.70. The smallest absolute Gasteiger partial charge is 0.304 e. The molecule has 0 aliphatic carbocycles. The molecule has 0 aromatic heterocycles. The summed E-state index contributed by atoms with van der Waals surface area (Å²) in [6.07, 6.45) is -4.09. The number of nitrogens with two attached hydrogens (primary N) is 1. The first-order chi connectivity index (χ1) is 6.11. The van der Waals surface area contributed by atoms with Crippen LogP contribution in [0.3, 0.4) is 0 Å². The molecule has 0 aromatic rings. The number of carbonyl (C=O) groups is 2. The van der Waals surface area contributed by atoms with Gasteiger partial charge in [0.05, 0.1) is 6.37 Å². The van der Waals surface area contributed by atoms with Crippen LogP contribution in [0.25, 0.3) is 0 Å². The SMILES string of the molecule is [2H]C(N)(CCC(=O)O)C([2H])([2H])C(=O)O. The van der Waals surface area contributed by atoms with Crippen LogP contribution in [0.1, 0.15) is 23.3 Å². The van der Waals surface area contributed by atoms with Crippen molar-refractivity contribution in [3.05, 3.63) is 0 Å². The second-order valence-electron chi connectivity index (χ2n) is 1.85. The molecule has 0 rings (SSSR count). The highest BCUT2D eigenvalue weighted by atomic mass is 16.4. The molecule has 0 bridgehead atoms. The maximum Gasteiger partial charge on any atom is 0.304 e. The normalized spacial score (nSPS) is 20.6. The molecule has 0 aliphatic rings. The summed E-state index contributed by atoms with van der Waals surface area (Å²) in [6.45, 7) is 0. The first kappa shape index (κ1) is 5.54. The van der Waals surface area contributed by atoms with Crippen molar-refractivity contribution in [1.82, 2.24) is 0 Å². The molecule has 0 saturated heterocycles. The third-order valence-electron chi connectivity index (χ3n) is 0.876. The largest absolute Gasteiger partial charge is 0.481 e. The lowest BCUT2D eigenvalue weighted by Crippen LogP contribution is -2.24. The van der Waals surface area contributed by atoms with E-state index in [1.807, 2.05) is 0 Å². The molecule has 5 nitrogen and oxygen atoms in total. The van der Waals surface area contributed by atoms with E-state index >= 15 is 0 Å². The molecule has 0 amide bonds. The standard InChI is InChI=1S/C6H11NO4/c7-4(3-6(10)11)1-2-5(8)9/h4H,1-3,7H2,(H,8,9)(H,10,11)/i3D2,4D. The molecule has 11 heavy (non-hydrogen) atoms. The second kappa shape index (κ2) is 4.68. The number of aliphatic carboxylic acids is 2. The van der Waals surface area contributed by atoms with Crippen molar-refractivity contribution >= 4 is 11.9 Å². The summed E-state index contributed by atoms with van der Waals surface area (Å²) in [4.78, 5) is 20.5. The molecule has 0 fully saturated rings. The summed E-state index contributed by atoms with van der Waals surface area (Å²) < 4.78 is 21.2. The van der Waals surface area contributed by atoms with Crippen LogP contribution >= 0.6 is 0 Å². The van der Waals surface area contributed by atoms with Crippen LogP contribution in [-0.4, -0.2) is 28.2 Å². The van der Waals surface area contributed by atoms with Crippen LogP contribution in [0.15, 0.2) is 0 Å². The summed E-state index contributed by atoms with van der Waals surface area (Å²) in [5.41, 5.74) is 5.09. The Morgan fingerprint density at radius 3 is 2.45 bits per heavy atom. The van der Waals surface area contributed by atoms with E-state index in [9.17, 15) is 9.59 Å². The highest BCUT2D eigenvalue weighted by Crippen LogP contribution is 1.98. The van der Waals surface area contributed by atoms with Crippen LogP contribution in [0, 0.1) is 0 Å². The van der Waals surface area contributed by atoms with E-state index < -0.39 is 37.2 Å². The van der Waals surface area contributed by atoms with Crippen LogP contribution in [0.2, 0.25) is 0 Å². The van der Waals surface area contributed by atoms with Gasteiger partial charge in [-0.15, -0.1) is 0 Å². The first-order valence-corrected chi connectivity index (χ1v) is 2.85. The van der Waals surface area contributed by atoms with Gasteiger partial charge in [-0.05, 0) is 6.42 Å². The zero-order valence-corrected chi connectivity index (χ0v) is 5.70. The third kappa shape index (κ3) is 6.79. The van der Waals surface area contributed by atoms with Gasteiger partial charge in [0.25, 0.3) is 0 Å². The van der Waals surface area contributed by atoms with E-state index in [1.165, 1.54) is 0 Å². The lowest BCUT2D eigenvalue weighted by Gasteiger charge is -2.04. The minimum absolute atomic E-state index is 0.549. The van der Waals surface area contributed by atoms with Crippen LogP contribution in [0.5, 0.6) is 0 Å². The number of rotatable bonds is 5. The van der Waals surface area contributed by atoms with E-state index in [-0.39, 0.29) is 0 Å². The first-order valence-electron chi connectivity index (χ1n) is 4.35. The van der Waals surface area contributed by atoms with Crippen molar-refractivity contribution in [2.45, 2.75) is 25.2 Å². The Kier molecular flexibility index (Phi) is 2.35. The Bertz CT molecular complexity index is 253. The second-order valence-corrected chi connectivity index (χ2v) is 1.85. The molecule has 4 N–H and O–H groups in total. The Balaban J connectivity index is 4.59. The summed E-state index contributed by atoms with van der Waals surface area (Å²) >= 11 is 0. The third-order valence-corrected chi connectivity index (χ3v) is 0.876. The maximum atomic E-state index is 10.4. The Morgan fingerprint density at radius 1 is 1.55 bits per heavy atom. The van der Waals surface area contributed by atoms with Gasteiger partial charge >= 0.3 is 11.9 Å². The van der Waals surface area contributed by atoms with E-state index in [0.717, 1.165) is 0 Å². The number of carboxylic acids is 2. The lowest BCUT2D eigenvalue weighted by atomic mass is 10.1. The summed E-state index contributed by atoms with van der Waals surface area (Å²) in [6, 6.07) is -2.45. The van der Waals surface area contributed by atoms with Gasteiger partial charge in [-0.25, -0.2) is 0 Å². The van der Waals surface area contributed by atoms with Crippen molar-refractivity contribution in [3.63, 3.8) is 0 Å². The molecule has 0 saturated carbocycles. The van der Waals surface area contributed by atoms with E-state index in [4.69, 9.17) is 20.1 Å². The molecule has 1 unspecified atom stereocenters. The van der Waals surface area contributed by atoms with Gasteiger partial charge in [0, 0.05) is 16.6 Å². The van der Waals surface area contributed by atoms with Crippen molar-refractivity contribution < 1.29 is 23.9 Å². The van der Waals surface area contributed by atoms with Gasteiger partial charge in [0.15, 0.2) is 0 Å². The maximum absolute atomic E-state index is 10.4. The minimum atomic E-state index is -2.97. The highest BCUT2D eigenvalue weighted by Gasteiger charge is 2.09. The summed E-state index contributed by atoms with van der Waals surface area (Å²) in [5, 5.41) is 16.7. The molecule has 64 valence electrons. The fourth-order valence-electron chi connectivity index (χ4n) is 0.441. The van der Waals surface area contributed by atoms with E-state index in [2.05, 4.69) is 0 Å². The number of hydrogen-bond acceptors (Lipinski definition) is 3. The predicted octanol–water partition coefficient (Wildman–Crippen LogP) is -0.347. The molecule has 0 aliphatic heterocycles. The molecule has 0 heterocycles. The molecule has 0 aromatic carbocycles. The highest BCUT2D eigenvalue weighted by molar-refractivity contribution is 5.68. The van der Waals surface area contributed by atoms with Crippen molar-refractivity contribution in [3.8, 4) is 0 Å². The van der Waals surface area contributed by atoms with Gasteiger partial charge in [0.1, 0.15) is 0 Å². The average Bonchev–Trinajstić information content (AvgIpc) is 2.00. The van der Waals surface area contributed by atoms with Crippen molar-refractivity contribution in [2.24, 2.45) is 5.73 Å². The van der Waals surface area contributed by atoms with Gasteiger partial charge < -0.3 is 15.9 Å². The van der Waals surface area contributed by atoms with Gasteiger partial charge in [0.2, 0.25) is 0 Å². The van der Waals surface area contributed by atoms with E-state index in [0.29, 0.717) is 0 Å². The molecule has 0 spiro atoms. The van der Waals surface area contributed by atoms with Crippen LogP contribution in [-0.2, 0) is 9.59 Å². The zero-order chi connectivity index (χ0) is 11.6. The minimum Gasteiger partial charge on any atom is -0.481 e. The fourth-order valence-corrected chi connectivity index (χ4v) is 0.441. The fraction of sp³-hybridized carbons (Fsp3) is 0.667. The quantitative estimate of drug-likeness (QED) is 0.515. The molecule has 0 radical (unpaired) electrons. The summed E-state index contributed by atoms with van der Waals surface area (Å²) in [5.74, 6) is -3.13. The Labute approximate surface area is 68.0 Å². The number of hydrogen-bond donors (Lipinski definition) is 3. The van der Waals surface area contributed by atoms with Gasteiger partial charge in [-0.3, -0.25) is 9.59 Å². The van der Waals surface area contributed by atoms with Gasteiger partial charge in [-0.2, -0.15) is 0 Å². The Hall–Kier alpha value is -1.10. The monoisotopic (exact) mass is 164 g/mol. The van der Waals surface area contributed by atoms with Crippen LogP contribution in [0.4, 0.5) is 0 Å². The van der Waals surface area contributed by atoms with E-state index in [1.54, 1.807) is 0 Å². The topological polar surface area (TPSA) is 101 Å². The lowest BCUT2D eigenvalue weighted by molar-refractivity contribution is -0.139. The Morgan fingerprint density at radius 2 is 2.09 bits per heavy atom. The predicted molar refractivity (Wildman–Crippen MR) is 37.1 cm³/mol. The summed E-state index contributed by atoms with van der Waals surface area (Å²) in [7, 11) is 0. The molecular formula is C6H11NO4. The molecule has 1 atom stereocenters. The van der Waals surface area contributed by atoms with Gasteiger partial charge in [-0.1, -0.05) is 0 Å².